The van der Waals surface area contributed by atoms with E-state index in [2.05, 4.69) is 42.8 Å². The smallest absolute Gasteiger partial charge is 0.0732 e. The van der Waals surface area contributed by atoms with Crippen molar-refractivity contribution in [2.45, 2.75) is 213 Å². The summed E-state index contributed by atoms with van der Waals surface area (Å²) in [7, 11) is 1.68. The number of ether oxygens (including phenoxy) is 5. The fourth-order valence-electron chi connectivity index (χ4n) is 8.32. The summed E-state index contributed by atoms with van der Waals surface area (Å²) in [6.45, 7) is 9.85. The van der Waals surface area contributed by atoms with Gasteiger partial charge in [-0.2, -0.15) is 0 Å². The van der Waals surface area contributed by atoms with Gasteiger partial charge in [0, 0.05) is 21.7 Å². The number of unbranched alkanes of at least 4 members (excludes halogenated alkanes) is 26. The Kier molecular flexibility index (Phi) is 35.8. The first-order valence-corrected chi connectivity index (χ1v) is 28.4. The Balaban J connectivity index is 1.44. The Morgan fingerprint density at radius 2 is 0.726 bits per heavy atom. The van der Waals surface area contributed by atoms with Crippen molar-refractivity contribution in [1.82, 2.24) is 0 Å². The van der Waals surface area contributed by atoms with Crippen LogP contribution < -0.4 is 0 Å². The van der Waals surface area contributed by atoms with Gasteiger partial charge >= 0.3 is 0 Å². The molecule has 0 aliphatic rings. The fraction of sp³-hybridized carbons (Fsp3) is 0.778. The maximum atomic E-state index is 6.30. The molecule has 356 valence electrons. The molecule has 0 aromatic carbocycles. The molecule has 0 aliphatic heterocycles. The maximum Gasteiger partial charge on any atom is 0.0732 e. The molecule has 0 amide bonds. The van der Waals surface area contributed by atoms with E-state index < -0.39 is 0 Å². The second-order valence-electron chi connectivity index (χ2n) is 17.6. The lowest BCUT2D eigenvalue weighted by Gasteiger charge is -2.09. The number of rotatable bonds is 46. The standard InChI is InChI=1S/C54H92O5S3/c1-4-6-8-10-12-14-16-18-20-22-24-26-28-30-32-48-34-44-60-52(48)51-46-50(47-59-43-42-58-41-40-57-39-38-56-37-36-55-3)54(62-51)53-49(35-45-61-53)33-31-29-27-25-23-21-19-17-15-13-11-9-7-5-2/h34-35,44-46H,4-33,36-43,47H2,1-3H3. The predicted molar refractivity (Wildman–Crippen MR) is 273 cm³/mol. The summed E-state index contributed by atoms with van der Waals surface area (Å²) in [6, 6.07) is 7.22. The summed E-state index contributed by atoms with van der Waals surface area (Å²) in [5.41, 5.74) is 4.37. The van der Waals surface area contributed by atoms with Crippen molar-refractivity contribution in [2.75, 3.05) is 60.0 Å². The van der Waals surface area contributed by atoms with Crippen LogP contribution in [0.4, 0.5) is 0 Å². The number of methoxy groups -OCH3 is 1. The fourth-order valence-corrected chi connectivity index (χ4v) is 11.8. The first kappa shape index (κ1) is 55.2. The molecule has 0 N–H and O–H groups in total. The highest BCUT2D eigenvalue weighted by atomic mass is 32.1. The van der Waals surface area contributed by atoms with E-state index in [0.29, 0.717) is 59.5 Å². The normalized spacial score (nSPS) is 11.7. The van der Waals surface area contributed by atoms with Crippen molar-refractivity contribution >= 4 is 34.0 Å². The monoisotopic (exact) mass is 917 g/mol. The Morgan fingerprint density at radius 3 is 1.15 bits per heavy atom. The second kappa shape index (κ2) is 40.2. The van der Waals surface area contributed by atoms with Crippen molar-refractivity contribution in [3.05, 3.63) is 45.6 Å². The Bertz CT molecular complexity index is 1400. The molecule has 0 atom stereocenters. The largest absolute Gasteiger partial charge is 0.382 e. The molecule has 0 radical (unpaired) electrons. The third-order valence-electron chi connectivity index (χ3n) is 12.1. The highest BCUT2D eigenvalue weighted by Gasteiger charge is 2.19. The van der Waals surface area contributed by atoms with Gasteiger partial charge in [0.25, 0.3) is 0 Å². The van der Waals surface area contributed by atoms with Gasteiger partial charge in [0.15, 0.2) is 0 Å². The predicted octanol–water partition coefficient (Wildman–Crippen LogP) is 17.5. The quantitative estimate of drug-likeness (QED) is 0.0529. The van der Waals surface area contributed by atoms with Crippen LogP contribution in [0.5, 0.6) is 0 Å². The molecular formula is C54H92O5S3. The van der Waals surface area contributed by atoms with Gasteiger partial charge in [-0.05, 0) is 71.3 Å². The molecule has 0 saturated carbocycles. The molecule has 3 rings (SSSR count). The van der Waals surface area contributed by atoms with Crippen LogP contribution in [0.15, 0.2) is 29.0 Å². The first-order valence-electron chi connectivity index (χ1n) is 25.8. The van der Waals surface area contributed by atoms with E-state index in [9.17, 15) is 0 Å². The molecule has 3 heterocycles. The molecule has 0 bridgehead atoms. The van der Waals surface area contributed by atoms with Crippen molar-refractivity contribution in [1.29, 1.82) is 0 Å². The minimum atomic E-state index is 0.563. The van der Waals surface area contributed by atoms with Crippen LogP contribution in [0.2, 0.25) is 0 Å². The number of thiophene rings is 3. The summed E-state index contributed by atoms with van der Waals surface area (Å²) in [5, 5.41) is 4.62. The summed E-state index contributed by atoms with van der Waals surface area (Å²) >= 11 is 5.83. The molecular weight excluding hydrogens is 825 g/mol. The van der Waals surface area contributed by atoms with E-state index in [0.717, 1.165) is 0 Å². The van der Waals surface area contributed by atoms with Crippen molar-refractivity contribution in [2.24, 2.45) is 0 Å². The average Bonchev–Trinajstić information content (AvgIpc) is 4.06. The lowest BCUT2D eigenvalue weighted by molar-refractivity contribution is -0.00943. The van der Waals surface area contributed by atoms with Crippen LogP contribution in [0.3, 0.4) is 0 Å². The molecule has 62 heavy (non-hydrogen) atoms. The van der Waals surface area contributed by atoms with Gasteiger partial charge in [0.05, 0.1) is 64.3 Å². The minimum absolute atomic E-state index is 0.563. The van der Waals surface area contributed by atoms with Gasteiger partial charge in [-0.3, -0.25) is 0 Å². The second-order valence-corrected chi connectivity index (χ2v) is 20.5. The van der Waals surface area contributed by atoms with Crippen LogP contribution in [0, 0.1) is 0 Å². The zero-order valence-corrected chi connectivity index (χ0v) is 42.7. The van der Waals surface area contributed by atoms with Gasteiger partial charge < -0.3 is 23.7 Å². The van der Waals surface area contributed by atoms with Gasteiger partial charge in [0.1, 0.15) is 0 Å². The third-order valence-corrected chi connectivity index (χ3v) is 15.6. The summed E-state index contributed by atoms with van der Waals surface area (Å²) in [4.78, 5) is 5.74. The number of hydrogen-bond acceptors (Lipinski definition) is 8. The highest BCUT2D eigenvalue weighted by molar-refractivity contribution is 7.26. The van der Waals surface area contributed by atoms with Crippen molar-refractivity contribution in [3.63, 3.8) is 0 Å². The molecule has 3 aromatic heterocycles. The van der Waals surface area contributed by atoms with Gasteiger partial charge in [-0.1, -0.05) is 181 Å². The Morgan fingerprint density at radius 1 is 0.371 bits per heavy atom. The topological polar surface area (TPSA) is 46.2 Å². The Hall–Kier alpha value is -1.10. The minimum Gasteiger partial charge on any atom is -0.382 e. The average molecular weight is 918 g/mol. The third kappa shape index (κ3) is 26.8. The van der Waals surface area contributed by atoms with Crippen LogP contribution in [-0.4, -0.2) is 60.0 Å². The van der Waals surface area contributed by atoms with E-state index in [4.69, 9.17) is 23.7 Å². The molecule has 0 fully saturated rings. The lowest BCUT2D eigenvalue weighted by Crippen LogP contribution is -2.12. The van der Waals surface area contributed by atoms with Gasteiger partial charge in [-0.15, -0.1) is 34.0 Å². The molecule has 5 nitrogen and oxygen atoms in total. The summed E-state index contributed by atoms with van der Waals surface area (Å²) < 4.78 is 28.2. The molecule has 0 saturated heterocycles. The van der Waals surface area contributed by atoms with Crippen molar-refractivity contribution < 1.29 is 23.7 Å². The SMILES string of the molecule is CCCCCCCCCCCCCCCCc1ccsc1-c1cc(COCCOCCOCCOCCOC)c(-c2sccc2CCCCCCCCCCCCCCCC)s1. The van der Waals surface area contributed by atoms with Crippen LogP contribution in [-0.2, 0) is 43.1 Å². The van der Waals surface area contributed by atoms with Crippen LogP contribution in [0.25, 0.3) is 19.5 Å². The zero-order valence-electron chi connectivity index (χ0n) is 40.2. The first-order chi connectivity index (χ1) is 30.8. The van der Waals surface area contributed by atoms with Gasteiger partial charge in [0.2, 0.25) is 0 Å². The van der Waals surface area contributed by atoms with Crippen LogP contribution >= 0.6 is 34.0 Å². The van der Waals surface area contributed by atoms with Crippen molar-refractivity contribution in [3.8, 4) is 19.5 Å². The van der Waals surface area contributed by atoms with Gasteiger partial charge in [-0.25, -0.2) is 0 Å². The van der Waals surface area contributed by atoms with E-state index in [1.54, 1.807) is 7.11 Å². The number of aryl methyl sites for hydroxylation is 2. The van der Waals surface area contributed by atoms with E-state index in [1.807, 2.05) is 34.0 Å². The Labute approximate surface area is 393 Å². The van der Waals surface area contributed by atoms with E-state index >= 15 is 0 Å². The number of hydrogen-bond donors (Lipinski definition) is 0. The highest BCUT2D eigenvalue weighted by Crippen LogP contribution is 2.45. The zero-order chi connectivity index (χ0) is 43.8. The van der Waals surface area contributed by atoms with E-state index in [1.165, 1.54) is 229 Å². The molecule has 8 heteroatoms. The molecule has 0 unspecified atom stereocenters. The maximum absolute atomic E-state index is 6.30. The molecule has 0 aliphatic carbocycles. The molecule has 0 spiro atoms. The lowest BCUT2D eigenvalue weighted by atomic mass is 10.0. The summed E-state index contributed by atoms with van der Waals surface area (Å²) in [5.74, 6) is 0. The molecule has 3 aromatic rings. The van der Waals surface area contributed by atoms with Crippen LogP contribution in [0.1, 0.15) is 210 Å². The van der Waals surface area contributed by atoms with E-state index in [-0.39, 0.29) is 0 Å². The summed E-state index contributed by atoms with van der Waals surface area (Å²) in [6.07, 6.45) is 41.6.